The third kappa shape index (κ3) is 25.3. The first-order valence-electron chi connectivity index (χ1n) is 35.8. The van der Waals surface area contributed by atoms with Crippen LogP contribution in [-0.4, -0.2) is 184 Å². The number of benzene rings is 7. The number of nitrogens with zero attached hydrogens (tertiary/aromatic N) is 3. The van der Waals surface area contributed by atoms with Gasteiger partial charge in [-0.1, -0.05) is 140 Å². The lowest BCUT2D eigenvalue weighted by molar-refractivity contribution is -0.142. The maximum atomic E-state index is 15.1. The van der Waals surface area contributed by atoms with E-state index in [1.165, 1.54) is 67.3 Å². The minimum atomic E-state index is -1.87. The predicted octanol–water partition coefficient (Wildman–Crippen LogP) is -0.104. The van der Waals surface area contributed by atoms with E-state index in [0.29, 0.717) is 34.2 Å². The molecular formula is C78H95N17O14. The molecule has 0 spiro atoms. The van der Waals surface area contributed by atoms with Crippen molar-refractivity contribution >= 4 is 98.4 Å². The SMILES string of the molecule is CC(=O)N[C@H](Cc1ccc2ccccc2c1)C(=O)N[C@H](Cc1ccc2ccccc2c1)C(=O)N[C@H](Cc1ccc(O)cc1)C(=O)N[C@@H](CO)C(=O)N[C@@H](Cc1ccc(O)cc1)C(=O)N[C@H](CCCN=C(N)N)C(=O)N[C@@H](Cc1ccccc1)C(=O)N[C@@H](CCCN=C(N)N)C(=O)N1CCC[C@H]1C(=O)N[C@H](C)C(N)=O. The molecule has 31 heteroatoms. The smallest absolute Gasteiger partial charge is 0.245 e. The zero-order valence-electron chi connectivity index (χ0n) is 60.5. The number of aliphatic imine (C=N–C) groups is 2. The molecule has 1 aliphatic heterocycles. The number of nitrogens with two attached hydrogens (primary N) is 5. The summed E-state index contributed by atoms with van der Waals surface area (Å²) in [5, 5.41) is 59.3. The van der Waals surface area contributed by atoms with Gasteiger partial charge in [0.15, 0.2) is 11.9 Å². The lowest BCUT2D eigenvalue weighted by Crippen LogP contribution is -2.61. The van der Waals surface area contributed by atoms with Gasteiger partial charge in [0.2, 0.25) is 65.0 Å². The summed E-state index contributed by atoms with van der Waals surface area (Å²) < 4.78 is 0. The lowest BCUT2D eigenvalue weighted by atomic mass is 9.98. The van der Waals surface area contributed by atoms with Crippen LogP contribution in [0, 0.1) is 0 Å². The monoisotopic (exact) mass is 1490 g/mol. The van der Waals surface area contributed by atoms with Crippen molar-refractivity contribution in [1.82, 2.24) is 52.8 Å². The van der Waals surface area contributed by atoms with Crippen molar-refractivity contribution in [3.8, 4) is 11.5 Å². The van der Waals surface area contributed by atoms with E-state index in [0.717, 1.165) is 21.5 Å². The fraction of sp³-hybridized carbons (Fsp3) is 0.346. The van der Waals surface area contributed by atoms with Crippen LogP contribution in [0.3, 0.4) is 0 Å². The lowest BCUT2D eigenvalue weighted by Gasteiger charge is -2.30. The summed E-state index contributed by atoms with van der Waals surface area (Å²) in [6.07, 6.45) is -0.376. The molecule has 1 fully saturated rings. The third-order valence-corrected chi connectivity index (χ3v) is 18.3. The third-order valence-electron chi connectivity index (χ3n) is 18.3. The standard InChI is InChI=1S/C78H95N17O14/c1-45(67(79)100)86-75(108)66-21-12-36-95(66)76(109)59(20-11-35-85-78(82)83)89-71(104)61(39-47-13-4-3-5-14-47)90-68(101)58(19-10-34-84-77(80)81)88-70(103)62(40-48-24-30-56(98)31-25-48)93-74(107)65(44-96)94-73(106)63(41-49-26-32-57(99)33-27-49)91-72(105)64(43-51-23-29-53-16-7-9-18-55(53)38-51)92-69(102)60(87-46(2)97)42-50-22-28-52-15-6-8-17-54(52)37-50/h3-9,13-18,22-33,37-38,45,58-66,96,98-99H,10-12,19-21,34-36,39-44H2,1-2H3,(H2,79,100)(H,86,108)(H,87,97)(H,88,103)(H,89,104)(H,90,101)(H,91,105)(H,92,102)(H,93,107)(H,94,106)(H4,80,81,84)(H4,82,83,85)/t45-,58-,59+,60-,61+,62+,63-,64-,65+,66+/m1/s1. The molecule has 22 N–H and O–H groups in total. The Kier molecular flexibility index (Phi) is 30.2. The van der Waals surface area contributed by atoms with E-state index in [2.05, 4.69) is 57.8 Å². The van der Waals surface area contributed by atoms with Gasteiger partial charge in [-0.05, 0) is 119 Å². The number of hydrogen-bond acceptors (Lipinski definition) is 16. The second-order valence-corrected chi connectivity index (χ2v) is 26.8. The molecule has 31 nitrogen and oxygen atoms in total. The minimum Gasteiger partial charge on any atom is -0.508 e. The Morgan fingerprint density at radius 3 is 1.19 bits per heavy atom. The number of nitrogens with one attached hydrogen (secondary N) is 9. The van der Waals surface area contributed by atoms with Crippen molar-refractivity contribution in [1.29, 1.82) is 0 Å². The van der Waals surface area contributed by atoms with Gasteiger partial charge in [-0.15, -0.1) is 0 Å². The number of fused-ring (bicyclic) bond motifs is 2. The highest BCUT2D eigenvalue weighted by atomic mass is 16.3. The number of carbonyl (C=O) groups is 11. The molecule has 1 aliphatic rings. The molecule has 7 aromatic carbocycles. The van der Waals surface area contributed by atoms with Gasteiger partial charge in [0, 0.05) is 58.7 Å². The number of phenolic OH excluding ortho intramolecular Hbond substituents is 2. The summed E-state index contributed by atoms with van der Waals surface area (Å²) in [7, 11) is 0. The number of amides is 11. The second kappa shape index (κ2) is 40.2. The molecule has 0 aliphatic carbocycles. The van der Waals surface area contributed by atoms with Crippen LogP contribution >= 0.6 is 0 Å². The van der Waals surface area contributed by atoms with Gasteiger partial charge in [-0.2, -0.15) is 0 Å². The highest BCUT2D eigenvalue weighted by Crippen LogP contribution is 2.23. The molecule has 109 heavy (non-hydrogen) atoms. The minimum absolute atomic E-state index is 0.0214. The maximum Gasteiger partial charge on any atom is 0.245 e. The van der Waals surface area contributed by atoms with Gasteiger partial charge >= 0.3 is 0 Å². The molecule has 0 saturated carbocycles. The molecule has 576 valence electrons. The van der Waals surface area contributed by atoms with Gasteiger partial charge in [-0.25, -0.2) is 0 Å². The van der Waals surface area contributed by atoms with Crippen molar-refractivity contribution in [2.45, 2.75) is 145 Å². The highest BCUT2D eigenvalue weighted by molar-refractivity contribution is 6.00. The van der Waals surface area contributed by atoms with Crippen LogP contribution in [0.1, 0.15) is 80.2 Å². The van der Waals surface area contributed by atoms with Crippen molar-refractivity contribution < 1.29 is 68.1 Å². The highest BCUT2D eigenvalue weighted by Gasteiger charge is 2.40. The van der Waals surface area contributed by atoms with Crippen LogP contribution in [0.15, 0.2) is 174 Å². The van der Waals surface area contributed by atoms with Gasteiger partial charge in [0.1, 0.15) is 71.9 Å². The molecule has 1 heterocycles. The number of phenols is 2. The molecule has 1 saturated heterocycles. The number of primary amides is 1. The molecule has 0 bridgehead atoms. The molecule has 0 unspecified atom stereocenters. The number of likely N-dealkylation sites (tertiary alicyclic amines) is 1. The van der Waals surface area contributed by atoms with Crippen LogP contribution in [0.25, 0.3) is 21.5 Å². The zero-order valence-corrected chi connectivity index (χ0v) is 60.5. The van der Waals surface area contributed by atoms with E-state index < -0.39 is 132 Å². The summed E-state index contributed by atoms with van der Waals surface area (Å²) in [6.45, 7) is 1.65. The number of aliphatic hydroxyl groups is 1. The Morgan fingerprint density at radius 2 is 0.771 bits per heavy atom. The first kappa shape index (κ1) is 82.0. The number of aliphatic hydroxyl groups excluding tert-OH is 1. The first-order chi connectivity index (χ1) is 52.2. The molecular weight excluding hydrogens is 1400 g/mol. The van der Waals surface area contributed by atoms with Crippen LogP contribution in [-0.2, 0) is 84.8 Å². The van der Waals surface area contributed by atoms with Gasteiger partial charge in [0.05, 0.1) is 6.61 Å². The van der Waals surface area contributed by atoms with Gasteiger partial charge in [0.25, 0.3) is 0 Å². The van der Waals surface area contributed by atoms with Crippen molar-refractivity contribution in [2.75, 3.05) is 26.2 Å². The number of aromatic hydroxyl groups is 2. The van der Waals surface area contributed by atoms with Gasteiger partial charge < -0.3 is 96.7 Å². The molecule has 7 aromatic rings. The van der Waals surface area contributed by atoms with Gasteiger partial charge in [-0.3, -0.25) is 62.7 Å². The molecule has 11 amide bonds. The molecule has 8 rings (SSSR count). The van der Waals surface area contributed by atoms with Crippen LogP contribution < -0.4 is 76.5 Å². The molecule has 10 atom stereocenters. The summed E-state index contributed by atoms with van der Waals surface area (Å²) in [4.78, 5) is 167. The maximum absolute atomic E-state index is 15.1. The van der Waals surface area contributed by atoms with E-state index in [4.69, 9.17) is 28.7 Å². The fourth-order valence-electron chi connectivity index (χ4n) is 12.6. The Morgan fingerprint density at radius 1 is 0.422 bits per heavy atom. The van der Waals surface area contributed by atoms with E-state index in [-0.39, 0.29) is 107 Å². The summed E-state index contributed by atoms with van der Waals surface area (Å²) in [6, 6.07) is 31.7. The Balaban J connectivity index is 1.06. The van der Waals surface area contributed by atoms with Crippen molar-refractivity contribution in [2.24, 2.45) is 38.7 Å². The first-order valence-corrected chi connectivity index (χ1v) is 35.8. The average molecular weight is 1490 g/mol. The van der Waals surface area contributed by atoms with E-state index in [1.807, 2.05) is 78.9 Å². The zero-order chi connectivity index (χ0) is 78.7. The largest absolute Gasteiger partial charge is 0.508 e. The summed E-state index contributed by atoms with van der Waals surface area (Å²) in [5.74, 6) is -10.00. The predicted molar refractivity (Wildman–Crippen MR) is 409 cm³/mol. The second-order valence-electron chi connectivity index (χ2n) is 26.8. The topological polar surface area (TPSA) is 515 Å². The number of rotatable bonds is 38. The van der Waals surface area contributed by atoms with Crippen LogP contribution in [0.2, 0.25) is 0 Å². The number of hydrogen-bond donors (Lipinski definition) is 17. The molecule has 0 radical (unpaired) electrons. The quantitative estimate of drug-likeness (QED) is 0.0136. The van der Waals surface area contributed by atoms with Crippen LogP contribution in [0.4, 0.5) is 0 Å². The number of carbonyl (C=O) groups excluding carboxylic acids is 11. The Hall–Kier alpha value is -12.7. The Bertz CT molecular complexity index is 4420. The normalized spacial score (nSPS) is 14.9. The van der Waals surface area contributed by atoms with Crippen molar-refractivity contribution in [3.63, 3.8) is 0 Å². The average Bonchev–Trinajstić information content (AvgIpc) is 1.81. The van der Waals surface area contributed by atoms with Crippen LogP contribution in [0.5, 0.6) is 11.5 Å². The van der Waals surface area contributed by atoms with E-state index in [9.17, 15) is 53.7 Å². The Labute approximate surface area is 629 Å². The van der Waals surface area contributed by atoms with E-state index >= 15 is 14.4 Å². The van der Waals surface area contributed by atoms with Crippen molar-refractivity contribution in [3.05, 3.63) is 192 Å². The number of guanidine groups is 2. The summed E-state index contributed by atoms with van der Waals surface area (Å²) >= 11 is 0. The summed E-state index contributed by atoms with van der Waals surface area (Å²) in [5.41, 5.74) is 30.6. The fourth-order valence-corrected chi connectivity index (χ4v) is 12.6. The molecule has 0 aromatic heterocycles. The van der Waals surface area contributed by atoms with E-state index in [1.54, 1.807) is 36.4 Å².